The van der Waals surface area contributed by atoms with E-state index in [-0.39, 0.29) is 0 Å². The molecule has 1 aromatic rings. The van der Waals surface area contributed by atoms with Crippen LogP contribution in [0.2, 0.25) is 0 Å². The summed E-state index contributed by atoms with van der Waals surface area (Å²) in [5.41, 5.74) is 3.73. The van der Waals surface area contributed by atoms with Crippen molar-refractivity contribution in [3.8, 4) is 0 Å². The normalized spacial score (nSPS) is 13.7. The summed E-state index contributed by atoms with van der Waals surface area (Å²) >= 11 is 0. The van der Waals surface area contributed by atoms with Crippen LogP contribution in [0.4, 0.5) is 5.69 Å². The molecule has 0 aromatic heterocycles. The van der Waals surface area contributed by atoms with Crippen molar-refractivity contribution in [2.24, 2.45) is 0 Å². The van der Waals surface area contributed by atoms with Gasteiger partial charge in [-0.3, -0.25) is 0 Å². The van der Waals surface area contributed by atoms with Crippen LogP contribution < -0.4 is 4.90 Å². The van der Waals surface area contributed by atoms with Crippen molar-refractivity contribution < 1.29 is 0 Å². The molecule has 0 fully saturated rings. The van der Waals surface area contributed by atoms with Gasteiger partial charge in [0.25, 0.3) is 0 Å². The minimum absolute atomic E-state index is 1.09. The molecule has 102 valence electrons. The average Bonchev–Trinajstić information content (AvgIpc) is 2.44. The molecule has 0 unspecified atom stereocenters. The van der Waals surface area contributed by atoms with Crippen molar-refractivity contribution in [2.45, 2.75) is 45.4 Å². The maximum atomic E-state index is 4.16. The molecule has 0 amide bonds. The number of anilines is 1. The van der Waals surface area contributed by atoms with E-state index in [2.05, 4.69) is 54.8 Å². The van der Waals surface area contributed by atoms with Gasteiger partial charge < -0.3 is 4.90 Å². The Morgan fingerprint density at radius 1 is 0.947 bits per heavy atom. The van der Waals surface area contributed by atoms with Gasteiger partial charge >= 0.3 is 0 Å². The van der Waals surface area contributed by atoms with Crippen LogP contribution >= 0.6 is 0 Å². The molecule has 1 nitrogen and oxygen atoms in total. The van der Waals surface area contributed by atoms with E-state index in [1.807, 2.05) is 0 Å². The molecule has 0 saturated carbocycles. The van der Waals surface area contributed by atoms with E-state index in [0.717, 1.165) is 12.2 Å². The van der Waals surface area contributed by atoms with Crippen LogP contribution in [0.3, 0.4) is 0 Å². The summed E-state index contributed by atoms with van der Waals surface area (Å²) in [6, 6.07) is 8.58. The SMILES string of the molecule is C=C1C=Cc2ccccc2N1CCCCCCCC. The first-order chi connectivity index (χ1) is 9.33. The first-order valence-corrected chi connectivity index (χ1v) is 7.56. The quantitative estimate of drug-likeness (QED) is 0.590. The highest BCUT2D eigenvalue weighted by Crippen LogP contribution is 2.30. The maximum Gasteiger partial charge on any atom is 0.0484 e. The molecule has 0 bridgehead atoms. The van der Waals surface area contributed by atoms with Crippen LogP contribution in [0.15, 0.2) is 42.6 Å². The highest BCUT2D eigenvalue weighted by atomic mass is 15.1. The van der Waals surface area contributed by atoms with E-state index in [1.54, 1.807) is 0 Å². The Hall–Kier alpha value is -1.50. The topological polar surface area (TPSA) is 3.24 Å². The predicted octanol–water partition coefficient (Wildman–Crippen LogP) is 5.39. The van der Waals surface area contributed by atoms with Crippen molar-refractivity contribution in [3.63, 3.8) is 0 Å². The first kappa shape index (κ1) is 13.9. The molecule has 0 aliphatic carbocycles. The van der Waals surface area contributed by atoms with Crippen LogP contribution in [0.1, 0.15) is 51.0 Å². The van der Waals surface area contributed by atoms with Crippen molar-refractivity contribution in [2.75, 3.05) is 11.4 Å². The number of hydrogen-bond acceptors (Lipinski definition) is 1. The second-order valence-corrected chi connectivity index (χ2v) is 5.30. The number of para-hydroxylation sites is 1. The Labute approximate surface area is 117 Å². The molecule has 0 spiro atoms. The van der Waals surface area contributed by atoms with E-state index in [0.29, 0.717) is 0 Å². The van der Waals surface area contributed by atoms with Gasteiger partial charge in [-0.2, -0.15) is 0 Å². The lowest BCUT2D eigenvalue weighted by molar-refractivity contribution is 0.607. The van der Waals surface area contributed by atoms with E-state index in [1.165, 1.54) is 49.8 Å². The van der Waals surface area contributed by atoms with Gasteiger partial charge in [0.15, 0.2) is 0 Å². The highest BCUT2D eigenvalue weighted by molar-refractivity contribution is 5.75. The molecule has 19 heavy (non-hydrogen) atoms. The number of unbranched alkanes of at least 4 members (excludes halogenated alkanes) is 5. The van der Waals surface area contributed by atoms with Gasteiger partial charge in [0.1, 0.15) is 0 Å². The molecule has 0 radical (unpaired) electrons. The Morgan fingerprint density at radius 2 is 1.68 bits per heavy atom. The lowest BCUT2D eigenvalue weighted by atomic mass is 10.1. The van der Waals surface area contributed by atoms with Gasteiger partial charge in [-0.05, 0) is 24.1 Å². The Kier molecular flexibility index (Phi) is 5.26. The first-order valence-electron chi connectivity index (χ1n) is 7.56. The molecule has 1 heterocycles. The van der Waals surface area contributed by atoms with Gasteiger partial charge in [0.05, 0.1) is 0 Å². The summed E-state index contributed by atoms with van der Waals surface area (Å²) in [5, 5.41) is 0. The van der Waals surface area contributed by atoms with Crippen LogP contribution in [-0.2, 0) is 0 Å². The zero-order valence-corrected chi connectivity index (χ0v) is 12.1. The van der Waals surface area contributed by atoms with E-state index in [4.69, 9.17) is 0 Å². The van der Waals surface area contributed by atoms with E-state index >= 15 is 0 Å². The second kappa shape index (κ2) is 7.18. The number of hydrogen-bond donors (Lipinski definition) is 0. The average molecular weight is 255 g/mol. The fourth-order valence-corrected chi connectivity index (χ4v) is 2.62. The molecule has 1 aliphatic rings. The molecule has 2 rings (SSSR count). The van der Waals surface area contributed by atoms with Crippen LogP contribution in [0.5, 0.6) is 0 Å². The smallest absolute Gasteiger partial charge is 0.0484 e. The van der Waals surface area contributed by atoms with Gasteiger partial charge in [-0.15, -0.1) is 0 Å². The van der Waals surface area contributed by atoms with Crippen LogP contribution in [-0.4, -0.2) is 6.54 Å². The van der Waals surface area contributed by atoms with Crippen molar-refractivity contribution >= 4 is 11.8 Å². The minimum atomic E-state index is 1.09. The van der Waals surface area contributed by atoms with Gasteiger partial charge in [-0.1, -0.05) is 69.9 Å². The minimum Gasteiger partial charge on any atom is -0.342 e. The lowest BCUT2D eigenvalue weighted by Gasteiger charge is -2.29. The monoisotopic (exact) mass is 255 g/mol. The number of rotatable bonds is 7. The number of benzene rings is 1. The summed E-state index contributed by atoms with van der Waals surface area (Å²) in [5.74, 6) is 0. The molecule has 1 heteroatoms. The molecule has 1 aliphatic heterocycles. The van der Waals surface area contributed by atoms with Gasteiger partial charge in [0.2, 0.25) is 0 Å². The third-order valence-electron chi connectivity index (χ3n) is 3.76. The molecular formula is C18H25N. The summed E-state index contributed by atoms with van der Waals surface area (Å²) in [6.07, 6.45) is 12.3. The molecular weight excluding hydrogens is 230 g/mol. The molecule has 0 saturated heterocycles. The standard InChI is InChI=1S/C18H25N/c1-3-4-5-6-7-10-15-19-16(2)13-14-17-11-8-9-12-18(17)19/h8-9,11-14H,2-7,10,15H2,1H3. The lowest BCUT2D eigenvalue weighted by Crippen LogP contribution is -2.24. The summed E-state index contributed by atoms with van der Waals surface area (Å²) < 4.78 is 0. The zero-order valence-electron chi connectivity index (χ0n) is 12.1. The Bertz CT molecular complexity index is 445. The number of fused-ring (bicyclic) bond motifs is 1. The largest absolute Gasteiger partial charge is 0.342 e. The van der Waals surface area contributed by atoms with Crippen LogP contribution in [0.25, 0.3) is 6.08 Å². The van der Waals surface area contributed by atoms with Crippen molar-refractivity contribution in [3.05, 3.63) is 48.2 Å². The predicted molar refractivity (Wildman–Crippen MR) is 85.3 cm³/mol. The highest BCUT2D eigenvalue weighted by Gasteiger charge is 2.14. The van der Waals surface area contributed by atoms with Gasteiger partial charge in [-0.25, -0.2) is 0 Å². The van der Waals surface area contributed by atoms with Gasteiger partial charge in [0, 0.05) is 17.9 Å². The fourth-order valence-electron chi connectivity index (χ4n) is 2.62. The zero-order chi connectivity index (χ0) is 13.5. The van der Waals surface area contributed by atoms with E-state index < -0.39 is 0 Å². The van der Waals surface area contributed by atoms with Crippen molar-refractivity contribution in [1.82, 2.24) is 0 Å². The summed E-state index contributed by atoms with van der Waals surface area (Å²) in [7, 11) is 0. The summed E-state index contributed by atoms with van der Waals surface area (Å²) in [6.45, 7) is 7.52. The van der Waals surface area contributed by atoms with E-state index in [9.17, 15) is 0 Å². The second-order valence-electron chi connectivity index (χ2n) is 5.30. The number of nitrogens with zero attached hydrogens (tertiary/aromatic N) is 1. The third-order valence-corrected chi connectivity index (χ3v) is 3.76. The Balaban J connectivity index is 1.86. The molecule has 0 N–H and O–H groups in total. The van der Waals surface area contributed by atoms with Crippen LogP contribution in [0, 0.1) is 0 Å². The molecule has 0 atom stereocenters. The maximum absolute atomic E-state index is 4.16. The third kappa shape index (κ3) is 3.73. The molecule has 1 aromatic carbocycles. The summed E-state index contributed by atoms with van der Waals surface area (Å²) in [4.78, 5) is 2.36. The fraction of sp³-hybridized carbons (Fsp3) is 0.444. The van der Waals surface area contributed by atoms with Crippen molar-refractivity contribution in [1.29, 1.82) is 0 Å². The number of allylic oxidation sites excluding steroid dienone is 1. The Morgan fingerprint density at radius 3 is 2.53 bits per heavy atom.